The van der Waals surface area contributed by atoms with Crippen molar-refractivity contribution in [2.75, 3.05) is 39.4 Å². The number of halogens is 1. The molecule has 5 nitrogen and oxygen atoms in total. The largest absolute Gasteiger partial charge is 0.379 e. The Morgan fingerprint density at radius 2 is 2.00 bits per heavy atom. The quantitative estimate of drug-likeness (QED) is 0.564. The number of thiophene rings is 1. The summed E-state index contributed by atoms with van der Waals surface area (Å²) in [6.45, 7) is 7.55. The van der Waals surface area contributed by atoms with E-state index >= 15 is 0 Å². The van der Waals surface area contributed by atoms with Gasteiger partial charge in [-0.05, 0) is 36.1 Å². The van der Waals surface area contributed by atoms with E-state index in [2.05, 4.69) is 38.0 Å². The summed E-state index contributed by atoms with van der Waals surface area (Å²) in [4.78, 5) is 8.45. The van der Waals surface area contributed by atoms with E-state index in [4.69, 9.17) is 4.74 Å². The molecule has 1 aliphatic rings. The number of benzene rings is 1. The van der Waals surface area contributed by atoms with Crippen LogP contribution >= 0.6 is 11.3 Å². The topological polar surface area (TPSA) is 48.9 Å². The van der Waals surface area contributed by atoms with Crippen LogP contribution in [-0.2, 0) is 11.3 Å². The molecule has 0 saturated carbocycles. The maximum absolute atomic E-state index is 13.1. The van der Waals surface area contributed by atoms with E-state index in [0.29, 0.717) is 12.6 Å². The summed E-state index contributed by atoms with van der Waals surface area (Å²) in [5, 5.41) is 8.89. The number of hydrogen-bond acceptors (Lipinski definition) is 4. The number of rotatable bonds is 7. The van der Waals surface area contributed by atoms with Crippen LogP contribution in [-0.4, -0.2) is 50.3 Å². The highest BCUT2D eigenvalue weighted by atomic mass is 32.1. The van der Waals surface area contributed by atoms with Crippen LogP contribution in [0.5, 0.6) is 0 Å². The number of hydrogen-bond donors (Lipinski definition) is 2. The fourth-order valence-corrected chi connectivity index (χ4v) is 3.94. The van der Waals surface area contributed by atoms with Gasteiger partial charge in [-0.2, -0.15) is 0 Å². The van der Waals surface area contributed by atoms with E-state index < -0.39 is 0 Å². The molecule has 27 heavy (non-hydrogen) atoms. The third-order valence-corrected chi connectivity index (χ3v) is 5.47. The summed E-state index contributed by atoms with van der Waals surface area (Å²) >= 11 is 1.78. The van der Waals surface area contributed by atoms with E-state index in [1.165, 1.54) is 17.0 Å². The molecule has 1 atom stereocenters. The van der Waals surface area contributed by atoms with Crippen LogP contribution < -0.4 is 10.6 Å². The van der Waals surface area contributed by atoms with Gasteiger partial charge in [0.2, 0.25) is 0 Å². The van der Waals surface area contributed by atoms with Crippen molar-refractivity contribution in [2.45, 2.75) is 19.5 Å². The molecule has 0 bridgehead atoms. The zero-order valence-electron chi connectivity index (χ0n) is 15.7. The van der Waals surface area contributed by atoms with Gasteiger partial charge in [0.15, 0.2) is 5.96 Å². The molecule has 1 aliphatic heterocycles. The first-order chi connectivity index (χ1) is 13.3. The second-order valence-corrected chi connectivity index (χ2v) is 7.36. The number of guanidine groups is 1. The highest BCUT2D eigenvalue weighted by molar-refractivity contribution is 7.10. The number of nitrogens with zero attached hydrogens (tertiary/aromatic N) is 2. The fourth-order valence-electron chi connectivity index (χ4n) is 3.07. The van der Waals surface area contributed by atoms with Crippen molar-refractivity contribution in [3.63, 3.8) is 0 Å². The molecule has 1 fully saturated rings. The van der Waals surface area contributed by atoms with E-state index in [0.717, 1.165) is 50.9 Å². The monoisotopic (exact) mass is 390 g/mol. The molecule has 3 rings (SSSR count). The summed E-state index contributed by atoms with van der Waals surface area (Å²) in [6.07, 6.45) is 0. The lowest BCUT2D eigenvalue weighted by molar-refractivity contribution is 0.0177. The van der Waals surface area contributed by atoms with Gasteiger partial charge in [0, 0.05) is 31.1 Å². The fraction of sp³-hybridized carbons (Fsp3) is 0.450. The summed E-state index contributed by atoms with van der Waals surface area (Å²) in [5.41, 5.74) is 0.983. The second-order valence-electron chi connectivity index (χ2n) is 6.38. The highest BCUT2D eigenvalue weighted by Gasteiger charge is 2.23. The van der Waals surface area contributed by atoms with Crippen molar-refractivity contribution in [1.29, 1.82) is 0 Å². The summed E-state index contributed by atoms with van der Waals surface area (Å²) in [5.74, 6) is 0.550. The van der Waals surface area contributed by atoms with Crippen molar-refractivity contribution in [1.82, 2.24) is 15.5 Å². The van der Waals surface area contributed by atoms with E-state index in [-0.39, 0.29) is 5.82 Å². The molecule has 1 aromatic carbocycles. The van der Waals surface area contributed by atoms with Gasteiger partial charge in [-0.25, -0.2) is 9.38 Å². The Balaban J connectivity index is 1.64. The van der Waals surface area contributed by atoms with Gasteiger partial charge >= 0.3 is 0 Å². The van der Waals surface area contributed by atoms with Crippen molar-refractivity contribution >= 4 is 17.3 Å². The Hall–Kier alpha value is -1.96. The van der Waals surface area contributed by atoms with E-state index in [1.807, 2.05) is 6.92 Å². The van der Waals surface area contributed by atoms with Gasteiger partial charge < -0.3 is 15.4 Å². The molecule has 7 heteroatoms. The van der Waals surface area contributed by atoms with Crippen molar-refractivity contribution < 1.29 is 9.13 Å². The zero-order valence-corrected chi connectivity index (χ0v) is 16.5. The van der Waals surface area contributed by atoms with Crippen LogP contribution in [0.2, 0.25) is 0 Å². The Morgan fingerprint density at radius 3 is 2.67 bits per heavy atom. The predicted molar refractivity (Wildman–Crippen MR) is 109 cm³/mol. The minimum Gasteiger partial charge on any atom is -0.379 e. The second kappa shape index (κ2) is 10.4. The molecule has 0 aliphatic carbocycles. The first-order valence-corrected chi connectivity index (χ1v) is 10.3. The van der Waals surface area contributed by atoms with Gasteiger partial charge in [0.1, 0.15) is 5.82 Å². The lowest BCUT2D eigenvalue weighted by Gasteiger charge is -2.34. The average molecular weight is 391 g/mol. The molecule has 1 unspecified atom stereocenters. The maximum atomic E-state index is 13.1. The molecule has 146 valence electrons. The molecule has 0 amide bonds. The molecule has 0 spiro atoms. The smallest absolute Gasteiger partial charge is 0.191 e. The summed E-state index contributed by atoms with van der Waals surface area (Å²) in [6, 6.07) is 11.1. The van der Waals surface area contributed by atoms with Crippen molar-refractivity contribution in [2.24, 2.45) is 4.99 Å². The van der Waals surface area contributed by atoms with E-state index in [1.54, 1.807) is 23.5 Å². The van der Waals surface area contributed by atoms with Crippen LogP contribution in [0.15, 0.2) is 46.8 Å². The lowest BCUT2D eigenvalue weighted by Crippen LogP contribution is -2.46. The Kier molecular flexibility index (Phi) is 7.62. The molecular formula is C20H27FN4OS. The molecular weight excluding hydrogens is 363 g/mol. The lowest BCUT2D eigenvalue weighted by atomic mass is 10.2. The Morgan fingerprint density at radius 1 is 1.22 bits per heavy atom. The van der Waals surface area contributed by atoms with E-state index in [9.17, 15) is 4.39 Å². The van der Waals surface area contributed by atoms with Gasteiger partial charge in [-0.1, -0.05) is 18.2 Å². The van der Waals surface area contributed by atoms with Gasteiger partial charge in [-0.15, -0.1) is 11.3 Å². The van der Waals surface area contributed by atoms with Crippen LogP contribution in [0.3, 0.4) is 0 Å². The minimum absolute atomic E-state index is 0.225. The molecule has 1 saturated heterocycles. The number of ether oxygens (including phenoxy) is 1. The van der Waals surface area contributed by atoms with Crippen LogP contribution in [0.25, 0.3) is 0 Å². The average Bonchev–Trinajstić information content (AvgIpc) is 3.23. The Bertz CT molecular complexity index is 699. The van der Waals surface area contributed by atoms with Crippen LogP contribution in [0.4, 0.5) is 4.39 Å². The molecule has 2 N–H and O–H groups in total. The normalized spacial score (nSPS) is 16.9. The van der Waals surface area contributed by atoms with Crippen molar-refractivity contribution in [3.8, 4) is 0 Å². The highest BCUT2D eigenvalue weighted by Crippen LogP contribution is 2.25. The van der Waals surface area contributed by atoms with Gasteiger partial charge in [0.05, 0.1) is 25.8 Å². The maximum Gasteiger partial charge on any atom is 0.191 e. The molecule has 2 heterocycles. The number of nitrogens with one attached hydrogen (secondary N) is 2. The molecule has 1 aromatic heterocycles. The van der Waals surface area contributed by atoms with Crippen LogP contribution in [0.1, 0.15) is 23.4 Å². The van der Waals surface area contributed by atoms with Crippen LogP contribution in [0, 0.1) is 5.82 Å². The number of morpholine rings is 1. The van der Waals surface area contributed by atoms with Gasteiger partial charge in [-0.3, -0.25) is 4.90 Å². The van der Waals surface area contributed by atoms with Gasteiger partial charge in [0.25, 0.3) is 0 Å². The minimum atomic E-state index is -0.225. The first-order valence-electron chi connectivity index (χ1n) is 9.38. The first kappa shape index (κ1) is 19.8. The zero-order chi connectivity index (χ0) is 18.9. The standard InChI is InChI=1S/C20H27FN4OS/c1-2-22-20(23-14-16-5-7-17(21)8-6-16)24-15-18(19-4-3-13-27-19)25-9-11-26-12-10-25/h3-8,13,18H,2,9-12,14-15H2,1H3,(H2,22,23,24). The predicted octanol–water partition coefficient (Wildman–Crippen LogP) is 3.02. The third kappa shape index (κ3) is 6.02. The third-order valence-electron chi connectivity index (χ3n) is 4.50. The number of aliphatic imine (C=N–C) groups is 1. The summed E-state index contributed by atoms with van der Waals surface area (Å²) < 4.78 is 18.6. The van der Waals surface area contributed by atoms with Crippen molar-refractivity contribution in [3.05, 3.63) is 58.0 Å². The molecule has 2 aromatic rings. The molecule has 0 radical (unpaired) electrons. The SMILES string of the molecule is CCNC(=NCc1ccc(F)cc1)NCC(c1cccs1)N1CCOCC1. The Labute approximate surface area is 164 Å². The summed E-state index contributed by atoms with van der Waals surface area (Å²) in [7, 11) is 0.